The minimum absolute atomic E-state index is 0. The van der Waals surface area contributed by atoms with Crippen LogP contribution in [-0.4, -0.2) is 78.8 Å². The normalized spacial score (nSPS) is 17.5. The van der Waals surface area contributed by atoms with E-state index in [0.717, 1.165) is 59.6 Å². The molecule has 1 fully saturated rings. The lowest BCUT2D eigenvalue weighted by Gasteiger charge is -2.41. The second kappa shape index (κ2) is 11.8. The fourth-order valence-electron chi connectivity index (χ4n) is 3.86. The summed E-state index contributed by atoms with van der Waals surface area (Å²) in [6.45, 7) is 5.47. The minimum Gasteiger partial charge on any atom is -0.461 e. The SMILES string of the molecule is CCOC(=O)c1nc2c(s1)NC=c1cccnc1=C2N1CCN(C)C(CCOC)C1.Cl.Cl. The third-order valence-corrected chi connectivity index (χ3v) is 6.44. The highest BCUT2D eigenvalue weighted by molar-refractivity contribution is 7.17. The molecule has 176 valence electrons. The van der Waals surface area contributed by atoms with Gasteiger partial charge in [-0.1, -0.05) is 11.3 Å². The Morgan fingerprint density at radius 3 is 2.91 bits per heavy atom. The molecule has 2 aromatic heterocycles. The molecular weight excluding hydrogens is 473 g/mol. The van der Waals surface area contributed by atoms with Crippen LogP contribution in [0, 0.1) is 0 Å². The number of rotatable bonds is 6. The van der Waals surface area contributed by atoms with Gasteiger partial charge in [0.1, 0.15) is 10.7 Å². The number of fused-ring (bicyclic) bond motifs is 2. The van der Waals surface area contributed by atoms with Crippen molar-refractivity contribution in [2.75, 3.05) is 52.3 Å². The topological polar surface area (TPSA) is 79.8 Å². The van der Waals surface area contributed by atoms with E-state index in [1.54, 1.807) is 20.2 Å². The van der Waals surface area contributed by atoms with Gasteiger partial charge >= 0.3 is 5.97 Å². The number of methoxy groups -OCH3 is 1. The highest BCUT2D eigenvalue weighted by Crippen LogP contribution is 2.33. The Hall–Kier alpha value is -1.91. The molecule has 0 bridgehead atoms. The molecule has 0 radical (unpaired) electrons. The molecule has 0 aliphatic carbocycles. The first-order valence-corrected chi connectivity index (χ1v) is 11.0. The highest BCUT2D eigenvalue weighted by Gasteiger charge is 2.30. The number of nitrogens with one attached hydrogen (secondary N) is 1. The number of ether oxygens (including phenoxy) is 2. The van der Waals surface area contributed by atoms with Crippen molar-refractivity contribution in [3.63, 3.8) is 0 Å². The standard InChI is InChI=1S/C21H27N5O3S.2ClH/c1-4-29-21(27)20-24-17-18(26-10-9-25(2)15(13-26)7-11-28-3)16-14(6-5-8-22-16)12-23-19(17)30-20;;/h5-6,8,12,15,23H,4,7,9-11,13H2,1-3H3;2*1H. The Bertz CT molecular complexity index is 1050. The van der Waals surface area contributed by atoms with Gasteiger partial charge < -0.3 is 19.7 Å². The van der Waals surface area contributed by atoms with E-state index in [1.807, 2.05) is 18.3 Å². The molecule has 1 saturated heterocycles. The molecule has 1 unspecified atom stereocenters. The maximum Gasteiger partial charge on any atom is 0.367 e. The Labute approximate surface area is 204 Å². The van der Waals surface area contributed by atoms with Crippen LogP contribution < -0.4 is 15.9 Å². The number of carbonyl (C=O) groups excluding carboxylic acids is 1. The number of aromatic nitrogens is 2. The number of nitrogens with zero attached hydrogens (tertiary/aromatic N) is 4. The van der Waals surface area contributed by atoms with Gasteiger partial charge in [0.05, 0.1) is 17.7 Å². The molecule has 8 nitrogen and oxygen atoms in total. The molecule has 2 aromatic rings. The lowest BCUT2D eigenvalue weighted by atomic mass is 10.1. The number of likely N-dealkylation sites (N-methyl/N-ethyl adjacent to an activating group) is 1. The zero-order valence-electron chi connectivity index (χ0n) is 18.4. The Morgan fingerprint density at radius 1 is 1.34 bits per heavy atom. The van der Waals surface area contributed by atoms with Gasteiger partial charge in [0.15, 0.2) is 0 Å². The van der Waals surface area contributed by atoms with Gasteiger partial charge in [0, 0.05) is 57.0 Å². The van der Waals surface area contributed by atoms with Crippen LogP contribution in [0.3, 0.4) is 0 Å². The fraction of sp³-hybridized carbons (Fsp3) is 0.476. The smallest absolute Gasteiger partial charge is 0.367 e. The summed E-state index contributed by atoms with van der Waals surface area (Å²) in [6, 6.07) is 4.33. The van der Waals surface area contributed by atoms with E-state index in [4.69, 9.17) is 19.4 Å². The number of pyridine rings is 1. The number of carbonyl (C=O) groups is 1. The minimum atomic E-state index is -0.394. The van der Waals surface area contributed by atoms with Gasteiger partial charge in [-0.05, 0) is 32.5 Å². The molecule has 11 heteroatoms. The molecule has 2 aliphatic rings. The van der Waals surface area contributed by atoms with Crippen molar-refractivity contribution in [1.29, 1.82) is 0 Å². The zero-order chi connectivity index (χ0) is 21.1. The van der Waals surface area contributed by atoms with Gasteiger partial charge in [-0.3, -0.25) is 9.88 Å². The third-order valence-electron chi connectivity index (χ3n) is 5.47. The predicted molar refractivity (Wildman–Crippen MR) is 131 cm³/mol. The number of halogens is 2. The molecule has 0 spiro atoms. The van der Waals surface area contributed by atoms with E-state index in [1.165, 1.54) is 11.3 Å². The average Bonchev–Trinajstić information content (AvgIpc) is 3.11. The summed E-state index contributed by atoms with van der Waals surface area (Å²) < 4.78 is 10.5. The van der Waals surface area contributed by atoms with E-state index in [2.05, 4.69) is 22.2 Å². The van der Waals surface area contributed by atoms with Crippen LogP contribution >= 0.6 is 36.2 Å². The molecule has 0 amide bonds. The second-order valence-corrected chi connectivity index (χ2v) is 8.36. The van der Waals surface area contributed by atoms with E-state index in [-0.39, 0.29) is 24.8 Å². The summed E-state index contributed by atoms with van der Waals surface area (Å²) in [6.07, 6.45) is 4.68. The Kier molecular flexibility index (Phi) is 9.72. The van der Waals surface area contributed by atoms with Gasteiger partial charge in [-0.25, -0.2) is 9.78 Å². The van der Waals surface area contributed by atoms with Crippen molar-refractivity contribution in [2.24, 2.45) is 0 Å². The molecule has 0 saturated carbocycles. The average molecular weight is 502 g/mol. The second-order valence-electron chi connectivity index (χ2n) is 7.36. The van der Waals surface area contributed by atoms with E-state index in [9.17, 15) is 4.79 Å². The number of hydrogen-bond acceptors (Lipinski definition) is 9. The van der Waals surface area contributed by atoms with Crippen LogP contribution in [0.1, 0.15) is 28.8 Å². The van der Waals surface area contributed by atoms with Crippen LogP contribution in [0.2, 0.25) is 0 Å². The van der Waals surface area contributed by atoms with Crippen molar-refractivity contribution in [1.82, 2.24) is 19.8 Å². The number of anilines is 1. The monoisotopic (exact) mass is 501 g/mol. The third kappa shape index (κ3) is 5.35. The molecule has 4 rings (SSSR count). The molecule has 1 N–H and O–H groups in total. The van der Waals surface area contributed by atoms with E-state index in [0.29, 0.717) is 17.7 Å². The van der Waals surface area contributed by atoms with Crippen LogP contribution in [0.25, 0.3) is 11.9 Å². The number of piperazine rings is 1. The first kappa shape index (κ1) is 26.3. The molecule has 4 heterocycles. The van der Waals surface area contributed by atoms with Crippen LogP contribution in [0.15, 0.2) is 18.3 Å². The summed E-state index contributed by atoms with van der Waals surface area (Å²) in [4.78, 5) is 26.4. The number of esters is 1. The zero-order valence-corrected chi connectivity index (χ0v) is 20.8. The molecule has 2 aliphatic heterocycles. The van der Waals surface area contributed by atoms with Crippen molar-refractivity contribution < 1.29 is 14.3 Å². The summed E-state index contributed by atoms with van der Waals surface area (Å²) in [7, 11) is 3.89. The molecule has 0 aromatic carbocycles. The number of hydrogen-bond donors (Lipinski definition) is 1. The molecule has 32 heavy (non-hydrogen) atoms. The summed E-state index contributed by atoms with van der Waals surface area (Å²) in [5, 5.41) is 6.39. The lowest BCUT2D eigenvalue weighted by Crippen LogP contribution is -2.52. The summed E-state index contributed by atoms with van der Waals surface area (Å²) in [5.74, 6) is -0.394. The van der Waals surface area contributed by atoms with Crippen LogP contribution in [0.4, 0.5) is 5.00 Å². The van der Waals surface area contributed by atoms with E-state index < -0.39 is 5.97 Å². The lowest BCUT2D eigenvalue weighted by molar-refractivity contribution is 0.0525. The summed E-state index contributed by atoms with van der Waals surface area (Å²) in [5.41, 5.74) is 1.72. The Balaban J connectivity index is 0.00000181. The first-order valence-electron chi connectivity index (χ1n) is 10.2. The van der Waals surface area contributed by atoms with Gasteiger partial charge in [0.2, 0.25) is 5.01 Å². The maximum absolute atomic E-state index is 12.3. The number of thiazole rings is 1. The largest absolute Gasteiger partial charge is 0.461 e. The van der Waals surface area contributed by atoms with Gasteiger partial charge in [0.25, 0.3) is 0 Å². The molecular formula is C21H29Cl2N5O3S. The van der Waals surface area contributed by atoms with E-state index >= 15 is 0 Å². The van der Waals surface area contributed by atoms with Crippen molar-refractivity contribution >= 4 is 59.0 Å². The van der Waals surface area contributed by atoms with Crippen LogP contribution in [-0.2, 0) is 9.47 Å². The fourth-order valence-corrected chi connectivity index (χ4v) is 4.69. The molecule has 1 atom stereocenters. The first-order chi connectivity index (χ1) is 14.6. The van der Waals surface area contributed by atoms with Crippen molar-refractivity contribution in [2.45, 2.75) is 19.4 Å². The Morgan fingerprint density at radius 2 is 2.16 bits per heavy atom. The van der Waals surface area contributed by atoms with Gasteiger partial charge in [-0.15, -0.1) is 24.8 Å². The van der Waals surface area contributed by atoms with Crippen molar-refractivity contribution in [3.05, 3.63) is 39.6 Å². The van der Waals surface area contributed by atoms with Crippen LogP contribution in [0.5, 0.6) is 0 Å². The van der Waals surface area contributed by atoms with Gasteiger partial charge in [-0.2, -0.15) is 0 Å². The predicted octanol–water partition coefficient (Wildman–Crippen LogP) is 1.53. The summed E-state index contributed by atoms with van der Waals surface area (Å²) >= 11 is 1.32. The maximum atomic E-state index is 12.3. The highest BCUT2D eigenvalue weighted by atomic mass is 35.5. The quantitative estimate of drug-likeness (QED) is 0.596. The van der Waals surface area contributed by atoms with Crippen molar-refractivity contribution in [3.8, 4) is 0 Å².